The van der Waals surface area contributed by atoms with Crippen LogP contribution in [0, 0.1) is 0 Å². The summed E-state index contributed by atoms with van der Waals surface area (Å²) >= 11 is 5.84. The van der Waals surface area contributed by atoms with Gasteiger partial charge in [0.15, 0.2) is 0 Å². The number of rotatable bonds is 10. The number of hydrogen-bond donors (Lipinski definition) is 2. The lowest BCUT2D eigenvalue weighted by atomic mass is 10.1. The molecule has 0 aliphatic heterocycles. The van der Waals surface area contributed by atoms with Crippen molar-refractivity contribution in [1.82, 2.24) is 10.6 Å². The van der Waals surface area contributed by atoms with Crippen LogP contribution in [-0.4, -0.2) is 39.3 Å². The first kappa shape index (κ1) is 19.1. The fourth-order valence-corrected chi connectivity index (χ4v) is 2.31. The van der Waals surface area contributed by atoms with Crippen LogP contribution in [0.15, 0.2) is 48.5 Å². The highest BCUT2D eigenvalue weighted by Gasteiger charge is 2.01. The molecule has 0 aliphatic rings. The molecule has 0 atom stereocenters. The summed E-state index contributed by atoms with van der Waals surface area (Å²) in [7, 11) is 1.62. The number of ether oxygens (including phenoxy) is 2. The first-order valence-electron chi connectivity index (χ1n) is 8.16. The molecule has 0 fully saturated rings. The van der Waals surface area contributed by atoms with Gasteiger partial charge >= 0.3 is 0 Å². The van der Waals surface area contributed by atoms with Crippen LogP contribution in [0.25, 0.3) is 0 Å². The Balaban J connectivity index is 1.52. The number of amides is 1. The summed E-state index contributed by atoms with van der Waals surface area (Å²) in [6, 6.07) is 15.0. The summed E-state index contributed by atoms with van der Waals surface area (Å²) in [5, 5.41) is 6.66. The van der Waals surface area contributed by atoms with E-state index in [4.69, 9.17) is 21.1 Å². The Bertz CT molecular complexity index is 645. The molecule has 0 heterocycles. The van der Waals surface area contributed by atoms with E-state index >= 15 is 0 Å². The van der Waals surface area contributed by atoms with Crippen LogP contribution in [0.5, 0.6) is 11.5 Å². The molecule has 0 aromatic heterocycles. The van der Waals surface area contributed by atoms with E-state index in [0.717, 1.165) is 29.5 Å². The van der Waals surface area contributed by atoms with Crippen molar-refractivity contribution in [3.63, 3.8) is 0 Å². The minimum atomic E-state index is -0.0468. The average Bonchev–Trinajstić information content (AvgIpc) is 2.64. The SMILES string of the molecule is COc1ccc(OCCNC(=O)CNCCc2ccc(Cl)cc2)cc1. The fraction of sp³-hybridized carbons (Fsp3) is 0.316. The monoisotopic (exact) mass is 362 g/mol. The van der Waals surface area contributed by atoms with E-state index in [1.54, 1.807) is 7.11 Å². The molecular formula is C19H23ClN2O3. The highest BCUT2D eigenvalue weighted by molar-refractivity contribution is 6.30. The molecule has 2 aromatic rings. The van der Waals surface area contributed by atoms with Gasteiger partial charge in [0.1, 0.15) is 18.1 Å². The standard InChI is InChI=1S/C19H23ClN2O3/c1-24-17-6-8-18(9-7-17)25-13-12-22-19(23)14-21-11-10-15-2-4-16(20)5-3-15/h2-9,21H,10-14H2,1H3,(H,22,23). The van der Waals surface area contributed by atoms with Crippen LogP contribution in [0.4, 0.5) is 0 Å². The quantitative estimate of drug-likeness (QED) is 0.638. The molecule has 1 amide bonds. The van der Waals surface area contributed by atoms with Crippen molar-refractivity contribution in [3.05, 3.63) is 59.1 Å². The summed E-state index contributed by atoms with van der Waals surface area (Å²) < 4.78 is 10.6. The van der Waals surface area contributed by atoms with Gasteiger partial charge in [-0.3, -0.25) is 4.79 Å². The summed E-state index contributed by atoms with van der Waals surface area (Å²) in [4.78, 5) is 11.7. The van der Waals surface area contributed by atoms with Gasteiger partial charge in [-0.25, -0.2) is 0 Å². The molecule has 2 N–H and O–H groups in total. The molecule has 0 radical (unpaired) electrons. The van der Waals surface area contributed by atoms with Crippen LogP contribution in [-0.2, 0) is 11.2 Å². The second-order valence-electron chi connectivity index (χ2n) is 5.43. The van der Waals surface area contributed by atoms with E-state index in [1.165, 1.54) is 5.56 Å². The maximum Gasteiger partial charge on any atom is 0.234 e. The summed E-state index contributed by atoms with van der Waals surface area (Å²) in [5.74, 6) is 1.48. The molecule has 134 valence electrons. The van der Waals surface area contributed by atoms with Crippen LogP contribution in [0.2, 0.25) is 5.02 Å². The van der Waals surface area contributed by atoms with E-state index in [2.05, 4.69) is 10.6 Å². The van der Waals surface area contributed by atoms with Gasteiger partial charge in [-0.2, -0.15) is 0 Å². The maximum absolute atomic E-state index is 11.7. The van der Waals surface area contributed by atoms with E-state index in [9.17, 15) is 4.79 Å². The Morgan fingerprint density at radius 2 is 1.68 bits per heavy atom. The first-order valence-corrected chi connectivity index (χ1v) is 8.54. The normalized spacial score (nSPS) is 10.3. The van der Waals surface area contributed by atoms with Crippen molar-refractivity contribution < 1.29 is 14.3 Å². The average molecular weight is 363 g/mol. The molecule has 0 aliphatic carbocycles. The van der Waals surface area contributed by atoms with E-state index < -0.39 is 0 Å². The second kappa shape index (κ2) is 10.6. The third-order valence-electron chi connectivity index (χ3n) is 3.54. The van der Waals surface area contributed by atoms with E-state index in [0.29, 0.717) is 13.2 Å². The zero-order chi connectivity index (χ0) is 17.9. The largest absolute Gasteiger partial charge is 0.497 e. The van der Waals surface area contributed by atoms with Gasteiger partial charge in [0.05, 0.1) is 20.2 Å². The minimum absolute atomic E-state index is 0.0468. The molecule has 0 unspecified atom stereocenters. The number of carbonyl (C=O) groups excluding carboxylic acids is 1. The Morgan fingerprint density at radius 1 is 1.00 bits per heavy atom. The van der Waals surface area contributed by atoms with Crippen molar-refractivity contribution in [1.29, 1.82) is 0 Å². The van der Waals surface area contributed by atoms with Gasteiger partial charge in [-0.15, -0.1) is 0 Å². The smallest absolute Gasteiger partial charge is 0.234 e. The van der Waals surface area contributed by atoms with Gasteiger partial charge < -0.3 is 20.1 Å². The van der Waals surface area contributed by atoms with E-state index in [1.807, 2.05) is 48.5 Å². The fourth-order valence-electron chi connectivity index (χ4n) is 2.18. The topological polar surface area (TPSA) is 59.6 Å². The van der Waals surface area contributed by atoms with Crippen LogP contribution in [0.1, 0.15) is 5.56 Å². The lowest BCUT2D eigenvalue weighted by Gasteiger charge is -2.09. The zero-order valence-corrected chi connectivity index (χ0v) is 15.0. The van der Waals surface area contributed by atoms with Crippen molar-refractivity contribution in [2.45, 2.75) is 6.42 Å². The first-order chi connectivity index (χ1) is 12.2. The van der Waals surface area contributed by atoms with Crippen LogP contribution >= 0.6 is 11.6 Å². The van der Waals surface area contributed by atoms with Gasteiger partial charge in [-0.1, -0.05) is 23.7 Å². The minimum Gasteiger partial charge on any atom is -0.497 e. The van der Waals surface area contributed by atoms with E-state index in [-0.39, 0.29) is 12.5 Å². The van der Waals surface area contributed by atoms with Gasteiger partial charge in [0.25, 0.3) is 0 Å². The Hall–Kier alpha value is -2.24. The molecule has 0 spiro atoms. The Kier molecular flexibility index (Phi) is 8.09. The third-order valence-corrected chi connectivity index (χ3v) is 3.79. The predicted octanol–water partition coefficient (Wildman–Crippen LogP) is 2.68. The molecule has 2 rings (SSSR count). The number of methoxy groups -OCH3 is 1. The molecule has 25 heavy (non-hydrogen) atoms. The molecular weight excluding hydrogens is 340 g/mol. The Morgan fingerprint density at radius 3 is 2.36 bits per heavy atom. The second-order valence-corrected chi connectivity index (χ2v) is 5.86. The highest BCUT2D eigenvalue weighted by Crippen LogP contribution is 2.16. The number of hydrogen-bond acceptors (Lipinski definition) is 4. The van der Waals surface area contributed by atoms with Crippen molar-refractivity contribution in [2.24, 2.45) is 0 Å². The van der Waals surface area contributed by atoms with Crippen molar-refractivity contribution in [3.8, 4) is 11.5 Å². The maximum atomic E-state index is 11.7. The summed E-state index contributed by atoms with van der Waals surface area (Å²) in [5.41, 5.74) is 1.19. The molecule has 6 heteroatoms. The van der Waals surface area contributed by atoms with Crippen LogP contribution < -0.4 is 20.1 Å². The summed E-state index contributed by atoms with van der Waals surface area (Å²) in [6.07, 6.45) is 0.852. The molecule has 0 saturated heterocycles. The number of halogens is 1. The lowest BCUT2D eigenvalue weighted by molar-refractivity contribution is -0.120. The number of carbonyl (C=O) groups is 1. The third kappa shape index (κ3) is 7.45. The van der Waals surface area contributed by atoms with Gasteiger partial charge in [-0.05, 0) is 54.9 Å². The number of benzene rings is 2. The highest BCUT2D eigenvalue weighted by atomic mass is 35.5. The molecule has 0 saturated carbocycles. The number of nitrogens with one attached hydrogen (secondary N) is 2. The summed E-state index contributed by atoms with van der Waals surface area (Å²) in [6.45, 7) is 1.90. The van der Waals surface area contributed by atoms with Crippen LogP contribution in [0.3, 0.4) is 0 Å². The van der Waals surface area contributed by atoms with Crippen molar-refractivity contribution in [2.75, 3.05) is 33.4 Å². The van der Waals surface area contributed by atoms with Crippen molar-refractivity contribution >= 4 is 17.5 Å². The molecule has 0 bridgehead atoms. The van der Waals surface area contributed by atoms with Gasteiger partial charge in [0, 0.05) is 5.02 Å². The zero-order valence-electron chi connectivity index (χ0n) is 14.3. The predicted molar refractivity (Wildman–Crippen MR) is 99.5 cm³/mol. The van der Waals surface area contributed by atoms with Gasteiger partial charge in [0.2, 0.25) is 5.91 Å². The Labute approximate surface area is 153 Å². The lowest BCUT2D eigenvalue weighted by Crippen LogP contribution is -2.36. The molecule has 5 nitrogen and oxygen atoms in total. The molecule has 2 aromatic carbocycles.